The smallest absolute Gasteiger partial charge is 0.101 e. The summed E-state index contributed by atoms with van der Waals surface area (Å²) >= 11 is 0. The van der Waals surface area contributed by atoms with Crippen LogP contribution in [0, 0.1) is 5.41 Å². The summed E-state index contributed by atoms with van der Waals surface area (Å²) in [4.78, 5) is 4.03. The minimum Gasteiger partial charge on any atom is -0.252 e. The van der Waals surface area contributed by atoms with Crippen LogP contribution in [-0.4, -0.2) is 11.9 Å². The molecule has 0 aromatic heterocycles. The van der Waals surface area contributed by atoms with Crippen LogP contribution in [0.4, 0.5) is 0 Å². The second-order valence-corrected chi connectivity index (χ2v) is 6.78. The largest absolute Gasteiger partial charge is 0.252 e. The summed E-state index contributed by atoms with van der Waals surface area (Å²) in [7, 11) is 0. The molecule has 2 heteroatoms. The predicted octanol–water partition coefficient (Wildman–Crippen LogP) is 6.01. The molecule has 1 rings (SSSR count). The molecule has 0 atom stereocenters. The van der Waals surface area contributed by atoms with E-state index in [-0.39, 0.29) is 6.61 Å². The molecule has 0 spiro atoms. The summed E-state index contributed by atoms with van der Waals surface area (Å²) < 4.78 is 0. The Morgan fingerprint density at radius 3 is 2.59 bits per heavy atom. The van der Waals surface area contributed by atoms with E-state index in [0.29, 0.717) is 5.41 Å². The van der Waals surface area contributed by atoms with Gasteiger partial charge in [0, 0.05) is 0 Å². The van der Waals surface area contributed by atoms with Crippen molar-refractivity contribution in [2.24, 2.45) is 5.41 Å². The van der Waals surface area contributed by atoms with Gasteiger partial charge in [-0.25, -0.2) is 4.89 Å². The van der Waals surface area contributed by atoms with Crippen LogP contribution in [0.1, 0.15) is 53.9 Å². The van der Waals surface area contributed by atoms with Crippen molar-refractivity contribution >= 4 is 0 Å². The Kier molecular flexibility index (Phi) is 7.57. The molecule has 1 aliphatic rings. The Morgan fingerprint density at radius 1 is 1.23 bits per heavy atom. The highest BCUT2D eigenvalue weighted by Crippen LogP contribution is 2.40. The fraction of sp³-hybridized carbons (Fsp3) is 0.500. The van der Waals surface area contributed by atoms with Gasteiger partial charge in [0.15, 0.2) is 0 Å². The third-order valence-electron chi connectivity index (χ3n) is 4.25. The molecule has 0 saturated carbocycles. The van der Waals surface area contributed by atoms with E-state index in [2.05, 4.69) is 50.8 Å². The minimum atomic E-state index is 0.223. The molecule has 122 valence electrons. The van der Waals surface area contributed by atoms with Crippen molar-refractivity contribution in [2.45, 2.75) is 53.9 Å². The molecule has 1 N–H and O–H groups in total. The average molecular weight is 302 g/mol. The lowest BCUT2D eigenvalue weighted by Crippen LogP contribution is -2.19. The van der Waals surface area contributed by atoms with Gasteiger partial charge in [-0.3, -0.25) is 5.26 Å². The zero-order valence-corrected chi connectivity index (χ0v) is 14.6. The molecule has 0 aromatic carbocycles. The Labute approximate surface area is 135 Å². The highest BCUT2D eigenvalue weighted by molar-refractivity contribution is 5.37. The van der Waals surface area contributed by atoms with Gasteiger partial charge in [0.2, 0.25) is 0 Å². The molecule has 0 amide bonds. The Balaban J connectivity index is 2.73. The van der Waals surface area contributed by atoms with Crippen LogP contribution in [0.2, 0.25) is 0 Å². The lowest BCUT2D eigenvalue weighted by Gasteiger charge is -2.32. The molecule has 0 radical (unpaired) electrons. The second-order valence-electron chi connectivity index (χ2n) is 6.78. The van der Waals surface area contributed by atoms with Crippen molar-refractivity contribution in [1.82, 2.24) is 0 Å². The first-order chi connectivity index (χ1) is 10.4. The minimum absolute atomic E-state index is 0.223. The van der Waals surface area contributed by atoms with E-state index in [1.165, 1.54) is 36.0 Å². The fourth-order valence-corrected chi connectivity index (χ4v) is 2.87. The molecular formula is C20H30O2. The highest BCUT2D eigenvalue weighted by atomic mass is 17.1. The molecule has 22 heavy (non-hydrogen) atoms. The van der Waals surface area contributed by atoms with E-state index in [0.717, 1.165) is 5.57 Å². The van der Waals surface area contributed by atoms with Crippen LogP contribution in [0.5, 0.6) is 0 Å². The molecule has 0 aliphatic heterocycles. The first kappa shape index (κ1) is 18.7. The maximum Gasteiger partial charge on any atom is 0.101 e. The second kappa shape index (κ2) is 8.92. The molecular weight excluding hydrogens is 272 g/mol. The zero-order chi connectivity index (χ0) is 16.6. The first-order valence-electron chi connectivity index (χ1n) is 8.03. The van der Waals surface area contributed by atoms with Crippen molar-refractivity contribution in [3.63, 3.8) is 0 Å². The standard InChI is InChI=1S/C20H30O2/c1-16(8-6-9-17(2)13-15-22-21)11-12-19-18(3)10-7-14-20(19,4)5/h6,8-9,11-13,21H,7,10,14-15H2,1-5H3/b9-6+,12-11+,16-8+,17-13+. The molecule has 0 heterocycles. The number of hydrogen-bond acceptors (Lipinski definition) is 2. The molecule has 2 nitrogen and oxygen atoms in total. The van der Waals surface area contributed by atoms with E-state index < -0.39 is 0 Å². The molecule has 0 fully saturated rings. The van der Waals surface area contributed by atoms with E-state index in [9.17, 15) is 0 Å². The van der Waals surface area contributed by atoms with Gasteiger partial charge in [-0.1, -0.05) is 67.0 Å². The van der Waals surface area contributed by atoms with Gasteiger partial charge in [0.1, 0.15) is 6.61 Å². The maximum atomic E-state index is 8.29. The molecule has 1 aliphatic carbocycles. The van der Waals surface area contributed by atoms with Gasteiger partial charge >= 0.3 is 0 Å². The van der Waals surface area contributed by atoms with Crippen molar-refractivity contribution in [3.05, 3.63) is 58.7 Å². The Bertz CT molecular complexity index is 514. The predicted molar refractivity (Wildman–Crippen MR) is 94.7 cm³/mol. The maximum absolute atomic E-state index is 8.29. The SMILES string of the molecule is CC1=C(/C=C/C(C)=C/C=C/C(C)=C/COO)C(C)(C)CCC1. The Morgan fingerprint density at radius 2 is 1.95 bits per heavy atom. The number of hydrogen-bond donors (Lipinski definition) is 1. The number of rotatable bonds is 6. The zero-order valence-electron chi connectivity index (χ0n) is 14.6. The van der Waals surface area contributed by atoms with Gasteiger partial charge < -0.3 is 0 Å². The molecule has 0 saturated heterocycles. The summed E-state index contributed by atoms with van der Waals surface area (Å²) in [5.41, 5.74) is 5.60. The van der Waals surface area contributed by atoms with Gasteiger partial charge in [0.25, 0.3) is 0 Å². The lowest BCUT2D eigenvalue weighted by molar-refractivity contribution is -0.232. The Hall–Kier alpha value is -1.38. The van der Waals surface area contributed by atoms with Gasteiger partial charge in [-0.15, -0.1) is 0 Å². The molecule has 0 unspecified atom stereocenters. The monoisotopic (exact) mass is 302 g/mol. The molecule has 0 bridgehead atoms. The van der Waals surface area contributed by atoms with Crippen LogP contribution in [-0.2, 0) is 4.89 Å². The quantitative estimate of drug-likeness (QED) is 0.370. The van der Waals surface area contributed by atoms with Crippen LogP contribution >= 0.6 is 0 Å². The van der Waals surface area contributed by atoms with Crippen LogP contribution in [0.25, 0.3) is 0 Å². The van der Waals surface area contributed by atoms with E-state index in [1.807, 2.05) is 25.2 Å². The van der Waals surface area contributed by atoms with Gasteiger partial charge in [-0.2, -0.15) is 0 Å². The molecule has 0 aromatic rings. The summed E-state index contributed by atoms with van der Waals surface area (Å²) in [5, 5.41) is 8.29. The lowest BCUT2D eigenvalue weighted by atomic mass is 9.72. The number of allylic oxidation sites excluding steroid dienone is 9. The van der Waals surface area contributed by atoms with Gasteiger partial charge in [-0.05, 0) is 51.0 Å². The van der Waals surface area contributed by atoms with Crippen molar-refractivity contribution in [1.29, 1.82) is 0 Å². The summed E-state index contributed by atoms with van der Waals surface area (Å²) in [5.74, 6) is 0. The summed E-state index contributed by atoms with van der Waals surface area (Å²) in [6, 6.07) is 0. The fourth-order valence-electron chi connectivity index (χ4n) is 2.87. The van der Waals surface area contributed by atoms with Crippen LogP contribution < -0.4 is 0 Å². The van der Waals surface area contributed by atoms with Crippen molar-refractivity contribution < 1.29 is 10.1 Å². The average Bonchev–Trinajstić information content (AvgIpc) is 2.43. The third kappa shape index (κ3) is 6.17. The highest BCUT2D eigenvalue weighted by Gasteiger charge is 2.26. The van der Waals surface area contributed by atoms with Gasteiger partial charge in [0.05, 0.1) is 0 Å². The summed E-state index contributed by atoms with van der Waals surface area (Å²) in [6.45, 7) is 11.3. The van der Waals surface area contributed by atoms with Crippen LogP contribution in [0.15, 0.2) is 58.7 Å². The van der Waals surface area contributed by atoms with Crippen LogP contribution in [0.3, 0.4) is 0 Å². The van der Waals surface area contributed by atoms with E-state index in [1.54, 1.807) is 0 Å². The van der Waals surface area contributed by atoms with Crippen molar-refractivity contribution in [3.8, 4) is 0 Å². The van der Waals surface area contributed by atoms with Crippen molar-refractivity contribution in [2.75, 3.05) is 6.61 Å². The third-order valence-corrected chi connectivity index (χ3v) is 4.25. The summed E-state index contributed by atoms with van der Waals surface area (Å²) in [6.07, 6.45) is 16.2. The topological polar surface area (TPSA) is 29.5 Å². The van der Waals surface area contributed by atoms with E-state index in [4.69, 9.17) is 5.26 Å². The van der Waals surface area contributed by atoms with E-state index >= 15 is 0 Å². The normalized spacial score (nSPS) is 20.5. The first-order valence-corrected chi connectivity index (χ1v) is 8.03.